The Morgan fingerprint density at radius 3 is 2.73 bits per heavy atom. The quantitative estimate of drug-likeness (QED) is 0.753. The minimum Gasteiger partial charge on any atom is -0.316 e. The van der Waals surface area contributed by atoms with E-state index in [4.69, 9.17) is 0 Å². The monoisotopic (exact) mass is 203 g/mol. The van der Waals surface area contributed by atoms with Crippen LogP contribution in [0.3, 0.4) is 0 Å². The van der Waals surface area contributed by atoms with Crippen LogP contribution >= 0.6 is 24.2 Å². The fraction of sp³-hybridized carbons (Fsp3) is 1.00. The average molecular weight is 204 g/mol. The molecule has 0 saturated carbocycles. The Morgan fingerprint density at radius 1 is 1.55 bits per heavy atom. The molecule has 1 heterocycles. The summed E-state index contributed by atoms with van der Waals surface area (Å²) in [5.41, 5.74) is 0. The van der Waals surface area contributed by atoms with Crippen LogP contribution < -0.4 is 5.32 Å². The van der Waals surface area contributed by atoms with E-state index in [1.807, 2.05) is 0 Å². The van der Waals surface area contributed by atoms with Gasteiger partial charge in [-0.3, -0.25) is 0 Å². The van der Waals surface area contributed by atoms with Gasteiger partial charge in [-0.25, -0.2) is 0 Å². The molecule has 5 heteroatoms. The van der Waals surface area contributed by atoms with Crippen LogP contribution in [0.15, 0.2) is 0 Å². The molecular formula is C6H12ClF2NS. The molecule has 0 spiro atoms. The van der Waals surface area contributed by atoms with Gasteiger partial charge in [0, 0.05) is 5.75 Å². The SMILES string of the molecule is Cl.FC(F)SCC1CCNC1. The highest BCUT2D eigenvalue weighted by atomic mass is 35.5. The van der Waals surface area contributed by atoms with E-state index in [1.54, 1.807) is 0 Å². The second-order valence-electron chi connectivity index (χ2n) is 2.45. The van der Waals surface area contributed by atoms with Crippen molar-refractivity contribution in [2.24, 2.45) is 5.92 Å². The van der Waals surface area contributed by atoms with Crippen molar-refractivity contribution in [2.75, 3.05) is 18.8 Å². The van der Waals surface area contributed by atoms with Crippen molar-refractivity contribution < 1.29 is 8.78 Å². The Morgan fingerprint density at radius 2 is 2.27 bits per heavy atom. The van der Waals surface area contributed by atoms with Crippen LogP contribution in [-0.2, 0) is 0 Å². The number of halogens is 3. The third-order valence-electron chi connectivity index (χ3n) is 1.62. The molecule has 0 aromatic heterocycles. The summed E-state index contributed by atoms with van der Waals surface area (Å²) in [5, 5.41) is 3.14. The van der Waals surface area contributed by atoms with Crippen molar-refractivity contribution in [3.8, 4) is 0 Å². The van der Waals surface area contributed by atoms with E-state index in [1.165, 1.54) is 0 Å². The molecule has 1 aliphatic rings. The number of hydrogen-bond acceptors (Lipinski definition) is 2. The van der Waals surface area contributed by atoms with E-state index in [9.17, 15) is 8.78 Å². The summed E-state index contributed by atoms with van der Waals surface area (Å²) >= 11 is 0.755. The van der Waals surface area contributed by atoms with E-state index in [-0.39, 0.29) is 12.4 Å². The van der Waals surface area contributed by atoms with Crippen molar-refractivity contribution in [1.82, 2.24) is 5.32 Å². The maximum atomic E-state index is 11.6. The zero-order valence-corrected chi connectivity index (χ0v) is 7.69. The summed E-state index contributed by atoms with van der Waals surface area (Å²) in [5.74, 6) is -1.12. The molecule has 1 aliphatic heterocycles. The second kappa shape index (κ2) is 6.03. The third kappa shape index (κ3) is 4.82. The van der Waals surface area contributed by atoms with Gasteiger partial charge in [-0.05, 0) is 25.4 Å². The van der Waals surface area contributed by atoms with Gasteiger partial charge in [-0.2, -0.15) is 8.78 Å². The number of thioether (sulfide) groups is 1. The van der Waals surface area contributed by atoms with Crippen LogP contribution in [0, 0.1) is 5.92 Å². The fourth-order valence-corrected chi connectivity index (χ4v) is 1.77. The third-order valence-corrected chi connectivity index (χ3v) is 2.54. The summed E-state index contributed by atoms with van der Waals surface area (Å²) < 4.78 is 23.3. The minimum absolute atomic E-state index is 0. The molecular weight excluding hydrogens is 192 g/mol. The average Bonchev–Trinajstić information content (AvgIpc) is 2.34. The molecule has 0 aromatic carbocycles. The highest BCUT2D eigenvalue weighted by Gasteiger charge is 2.16. The Hall–Kier alpha value is 0.460. The molecule has 1 rings (SSSR count). The number of nitrogens with one attached hydrogen (secondary N) is 1. The molecule has 0 amide bonds. The highest BCUT2D eigenvalue weighted by molar-refractivity contribution is 7.99. The minimum atomic E-state index is -2.19. The summed E-state index contributed by atoms with van der Waals surface area (Å²) in [6.07, 6.45) is 1.06. The normalized spacial score (nSPS) is 23.7. The predicted molar refractivity (Wildman–Crippen MR) is 46.7 cm³/mol. The maximum absolute atomic E-state index is 11.6. The zero-order valence-electron chi connectivity index (χ0n) is 6.06. The first-order chi connectivity index (χ1) is 4.79. The van der Waals surface area contributed by atoms with Gasteiger partial charge in [0.1, 0.15) is 0 Å². The molecule has 0 radical (unpaired) electrons. The van der Waals surface area contributed by atoms with Crippen molar-refractivity contribution in [2.45, 2.75) is 12.2 Å². The molecule has 0 bridgehead atoms. The van der Waals surface area contributed by atoms with Crippen molar-refractivity contribution in [3.05, 3.63) is 0 Å². The second-order valence-corrected chi connectivity index (χ2v) is 3.48. The van der Waals surface area contributed by atoms with Crippen LogP contribution in [0.1, 0.15) is 6.42 Å². The lowest BCUT2D eigenvalue weighted by molar-refractivity contribution is 0.251. The van der Waals surface area contributed by atoms with Crippen molar-refractivity contribution in [3.63, 3.8) is 0 Å². The Balaban J connectivity index is 0.000001000. The molecule has 68 valence electrons. The highest BCUT2D eigenvalue weighted by Crippen LogP contribution is 2.20. The molecule has 1 nitrogen and oxygen atoms in total. The summed E-state index contributed by atoms with van der Waals surface area (Å²) in [7, 11) is 0. The lowest BCUT2D eigenvalue weighted by atomic mass is 10.2. The first kappa shape index (κ1) is 11.5. The molecule has 0 aromatic rings. The van der Waals surface area contributed by atoms with Gasteiger partial charge in [0.2, 0.25) is 0 Å². The van der Waals surface area contributed by atoms with E-state index in [0.717, 1.165) is 31.3 Å². The first-order valence-corrected chi connectivity index (χ1v) is 4.44. The van der Waals surface area contributed by atoms with Crippen LogP contribution in [0.5, 0.6) is 0 Å². The lowest BCUT2D eigenvalue weighted by Crippen LogP contribution is -2.10. The lowest BCUT2D eigenvalue weighted by Gasteiger charge is -2.05. The molecule has 1 saturated heterocycles. The summed E-state index contributed by atoms with van der Waals surface area (Å²) in [6.45, 7) is 1.91. The predicted octanol–water partition coefficient (Wildman–Crippen LogP) is 1.97. The van der Waals surface area contributed by atoms with Gasteiger partial charge in [0.05, 0.1) is 0 Å². The Kier molecular flexibility index (Phi) is 6.28. The summed E-state index contributed by atoms with van der Waals surface area (Å²) in [6, 6.07) is 0. The van der Waals surface area contributed by atoms with Crippen LogP contribution in [0.2, 0.25) is 0 Å². The van der Waals surface area contributed by atoms with Crippen LogP contribution in [0.4, 0.5) is 8.78 Å². The van der Waals surface area contributed by atoms with E-state index in [2.05, 4.69) is 5.32 Å². The van der Waals surface area contributed by atoms with Crippen molar-refractivity contribution >= 4 is 24.2 Å². The van der Waals surface area contributed by atoms with Gasteiger partial charge in [0.25, 0.3) is 5.76 Å². The standard InChI is InChI=1S/C6H11F2NS.ClH/c7-6(8)10-4-5-1-2-9-3-5;/h5-6,9H,1-4H2;1H. The van der Waals surface area contributed by atoms with Gasteiger partial charge in [0.15, 0.2) is 0 Å². The molecule has 1 atom stereocenters. The molecule has 1 unspecified atom stereocenters. The van der Waals surface area contributed by atoms with Crippen LogP contribution in [0.25, 0.3) is 0 Å². The summed E-state index contributed by atoms with van der Waals surface area (Å²) in [4.78, 5) is 0. The molecule has 1 N–H and O–H groups in total. The molecule has 1 fully saturated rings. The van der Waals surface area contributed by atoms with Gasteiger partial charge >= 0.3 is 0 Å². The fourth-order valence-electron chi connectivity index (χ4n) is 1.07. The van der Waals surface area contributed by atoms with Gasteiger partial charge < -0.3 is 5.32 Å². The van der Waals surface area contributed by atoms with Crippen molar-refractivity contribution in [1.29, 1.82) is 0 Å². The van der Waals surface area contributed by atoms with E-state index in [0.29, 0.717) is 11.7 Å². The maximum Gasteiger partial charge on any atom is 0.284 e. The van der Waals surface area contributed by atoms with Crippen LogP contribution in [-0.4, -0.2) is 24.6 Å². The van der Waals surface area contributed by atoms with Gasteiger partial charge in [-0.1, -0.05) is 11.8 Å². The number of rotatable bonds is 3. The van der Waals surface area contributed by atoms with E-state index >= 15 is 0 Å². The molecule has 11 heavy (non-hydrogen) atoms. The number of hydrogen-bond donors (Lipinski definition) is 1. The van der Waals surface area contributed by atoms with Gasteiger partial charge in [-0.15, -0.1) is 12.4 Å². The zero-order chi connectivity index (χ0) is 7.40. The topological polar surface area (TPSA) is 12.0 Å². The first-order valence-electron chi connectivity index (χ1n) is 3.39. The number of alkyl halides is 2. The van der Waals surface area contributed by atoms with E-state index < -0.39 is 5.76 Å². The Labute approximate surface area is 75.7 Å². The molecule has 0 aliphatic carbocycles. The largest absolute Gasteiger partial charge is 0.316 e. The smallest absolute Gasteiger partial charge is 0.284 e. The Bertz CT molecular complexity index is 98.6.